The zero-order chi connectivity index (χ0) is 23.4. The number of nitrogens with one attached hydrogen (secondary N) is 1. The Hall–Kier alpha value is -2.53. The summed E-state index contributed by atoms with van der Waals surface area (Å²) in [6.07, 6.45) is 3.19. The van der Waals surface area contributed by atoms with E-state index < -0.39 is 11.7 Å². The molecule has 1 heterocycles. The quantitative estimate of drug-likeness (QED) is 0.283. The molecule has 1 aromatic carbocycles. The van der Waals surface area contributed by atoms with E-state index in [1.54, 1.807) is 6.20 Å². The summed E-state index contributed by atoms with van der Waals surface area (Å²) in [6, 6.07) is 11.7. The molecule has 0 fully saturated rings. The third-order valence-corrected chi connectivity index (χ3v) is 6.63. The summed E-state index contributed by atoms with van der Waals surface area (Å²) >= 11 is -0.167. The van der Waals surface area contributed by atoms with Gasteiger partial charge in [-0.05, 0) is 20.8 Å². The number of carbonyl (C=O) groups is 2. The second kappa shape index (κ2) is 13.1. The van der Waals surface area contributed by atoms with Gasteiger partial charge in [0.15, 0.2) is 0 Å². The summed E-state index contributed by atoms with van der Waals surface area (Å²) < 4.78 is 17.4. The van der Waals surface area contributed by atoms with E-state index in [1.807, 2.05) is 64.1 Å². The summed E-state index contributed by atoms with van der Waals surface area (Å²) in [5.41, 5.74) is 0.526. The van der Waals surface area contributed by atoms with Gasteiger partial charge in [-0.25, -0.2) is 0 Å². The number of alkyl carbamates (subject to hydrolysis) is 1. The molecule has 1 amide bonds. The van der Waals surface area contributed by atoms with Gasteiger partial charge in [-0.1, -0.05) is 0 Å². The van der Waals surface area contributed by atoms with Crippen LogP contribution in [-0.4, -0.2) is 51.6 Å². The van der Waals surface area contributed by atoms with Gasteiger partial charge in [0.2, 0.25) is 0 Å². The van der Waals surface area contributed by atoms with Crippen LogP contribution in [0.3, 0.4) is 0 Å². The molecule has 0 aliphatic rings. The average Bonchev–Trinajstić information content (AvgIpc) is 2.71. The molecule has 0 unspecified atom stereocenters. The molecule has 2 rings (SSSR count). The van der Waals surface area contributed by atoms with E-state index in [0.717, 1.165) is 21.5 Å². The van der Waals surface area contributed by atoms with Crippen LogP contribution < -0.4 is 14.4 Å². The van der Waals surface area contributed by atoms with Gasteiger partial charge in [0.25, 0.3) is 0 Å². The van der Waals surface area contributed by atoms with E-state index in [9.17, 15) is 9.59 Å². The predicted molar refractivity (Wildman–Crippen MR) is 125 cm³/mol. The van der Waals surface area contributed by atoms with Crippen LogP contribution in [0.15, 0.2) is 42.6 Å². The summed E-state index contributed by atoms with van der Waals surface area (Å²) in [5.74, 6) is 1.16. The Morgan fingerprint density at radius 2 is 1.97 bits per heavy atom. The van der Waals surface area contributed by atoms with E-state index in [1.165, 1.54) is 0 Å². The SMILES string of the molecule is CCOC(=O)CCC[As]c1cccnc1Oc1cccc(CCNC(=O)OC(C)(C)C)c1. The molecule has 0 spiro atoms. The van der Waals surface area contributed by atoms with Crippen molar-refractivity contribution in [1.82, 2.24) is 10.3 Å². The summed E-state index contributed by atoms with van der Waals surface area (Å²) in [4.78, 5) is 27.7. The number of carbonyl (C=O) groups excluding carboxylic acids is 2. The third-order valence-electron chi connectivity index (χ3n) is 4.07. The molecular weight excluding hydrogens is 471 g/mol. The number of ether oxygens (including phenoxy) is 3. The molecule has 173 valence electrons. The molecule has 0 atom stereocenters. The number of amides is 1. The summed E-state index contributed by atoms with van der Waals surface area (Å²) in [6.45, 7) is 8.21. The van der Waals surface area contributed by atoms with Gasteiger partial charge in [0, 0.05) is 0 Å². The van der Waals surface area contributed by atoms with Crippen LogP contribution in [0.4, 0.5) is 4.79 Å². The van der Waals surface area contributed by atoms with Crippen molar-refractivity contribution in [2.45, 2.75) is 57.8 Å². The first-order valence-corrected chi connectivity index (χ1v) is 13.0. The van der Waals surface area contributed by atoms with Gasteiger partial charge in [-0.15, -0.1) is 0 Å². The van der Waals surface area contributed by atoms with E-state index in [-0.39, 0.29) is 21.7 Å². The van der Waals surface area contributed by atoms with E-state index in [4.69, 9.17) is 14.2 Å². The molecular formula is C24H32AsN2O5. The van der Waals surface area contributed by atoms with Crippen molar-refractivity contribution in [3.8, 4) is 11.6 Å². The van der Waals surface area contributed by atoms with Gasteiger partial charge in [0.05, 0.1) is 0 Å². The molecule has 1 N–H and O–H groups in total. The van der Waals surface area contributed by atoms with Crippen molar-refractivity contribution in [2.75, 3.05) is 13.2 Å². The molecule has 1 radical (unpaired) electrons. The standard InChI is InChI=1S/C24H32AsN2O5/c1-5-30-21(28)12-7-14-25-20-11-8-15-26-22(20)31-19-10-6-9-18(17-19)13-16-27-23(29)32-24(2,3)4/h6,8-11,15,17H,5,7,12-14,16H2,1-4H3,(H,27,29). The van der Waals surface area contributed by atoms with Crippen molar-refractivity contribution in [2.24, 2.45) is 0 Å². The fourth-order valence-electron chi connectivity index (χ4n) is 2.74. The van der Waals surface area contributed by atoms with Gasteiger partial charge in [-0.3, -0.25) is 0 Å². The summed E-state index contributed by atoms with van der Waals surface area (Å²) in [5, 5.41) is 3.71. The molecule has 0 saturated heterocycles. The zero-order valence-corrected chi connectivity index (χ0v) is 21.1. The Kier molecular flexibility index (Phi) is 10.5. The number of esters is 1. The molecule has 0 bridgehead atoms. The number of nitrogens with zero attached hydrogens (tertiary/aromatic N) is 1. The normalized spacial score (nSPS) is 11.4. The van der Waals surface area contributed by atoms with Crippen molar-refractivity contribution in [3.05, 3.63) is 48.2 Å². The second-order valence-corrected chi connectivity index (χ2v) is 10.7. The van der Waals surface area contributed by atoms with Crippen LogP contribution in [0.5, 0.6) is 11.6 Å². The van der Waals surface area contributed by atoms with Gasteiger partial charge in [0.1, 0.15) is 0 Å². The number of hydrogen-bond donors (Lipinski definition) is 1. The maximum absolute atomic E-state index is 11.8. The molecule has 2 aromatic rings. The predicted octanol–water partition coefficient (Wildman–Crippen LogP) is 4.03. The van der Waals surface area contributed by atoms with Crippen molar-refractivity contribution >= 4 is 32.2 Å². The van der Waals surface area contributed by atoms with Crippen LogP contribution in [0.1, 0.15) is 46.1 Å². The Morgan fingerprint density at radius 1 is 1.16 bits per heavy atom. The Balaban J connectivity index is 1.87. The van der Waals surface area contributed by atoms with E-state index >= 15 is 0 Å². The number of pyridine rings is 1. The van der Waals surface area contributed by atoms with Crippen molar-refractivity contribution < 1.29 is 23.8 Å². The molecule has 1 aromatic heterocycles. The van der Waals surface area contributed by atoms with E-state index in [2.05, 4.69) is 10.3 Å². The molecule has 32 heavy (non-hydrogen) atoms. The monoisotopic (exact) mass is 503 g/mol. The number of rotatable bonds is 11. The van der Waals surface area contributed by atoms with Crippen molar-refractivity contribution in [3.63, 3.8) is 0 Å². The van der Waals surface area contributed by atoms with Crippen LogP contribution in [0.2, 0.25) is 5.21 Å². The van der Waals surface area contributed by atoms with Crippen LogP contribution in [-0.2, 0) is 20.7 Å². The van der Waals surface area contributed by atoms with Gasteiger partial charge < -0.3 is 0 Å². The van der Waals surface area contributed by atoms with E-state index in [0.29, 0.717) is 37.6 Å². The Morgan fingerprint density at radius 3 is 2.72 bits per heavy atom. The molecule has 8 heteroatoms. The van der Waals surface area contributed by atoms with Crippen LogP contribution in [0, 0.1) is 0 Å². The number of aromatic nitrogens is 1. The average molecular weight is 503 g/mol. The second-order valence-electron chi connectivity index (χ2n) is 8.05. The molecule has 0 saturated carbocycles. The van der Waals surface area contributed by atoms with Gasteiger partial charge in [-0.2, -0.15) is 0 Å². The number of hydrogen-bond acceptors (Lipinski definition) is 6. The minimum atomic E-state index is -0.515. The fraction of sp³-hybridized carbons (Fsp3) is 0.458. The van der Waals surface area contributed by atoms with Crippen LogP contribution >= 0.6 is 0 Å². The molecule has 7 nitrogen and oxygen atoms in total. The topological polar surface area (TPSA) is 86.8 Å². The number of benzene rings is 1. The van der Waals surface area contributed by atoms with Crippen molar-refractivity contribution in [1.29, 1.82) is 0 Å². The van der Waals surface area contributed by atoms with Crippen LogP contribution in [0.25, 0.3) is 0 Å². The first-order valence-electron chi connectivity index (χ1n) is 10.8. The third kappa shape index (κ3) is 10.2. The minimum absolute atomic E-state index is 0.144. The summed E-state index contributed by atoms with van der Waals surface area (Å²) in [7, 11) is 0. The fourth-order valence-corrected chi connectivity index (χ4v) is 4.81. The first kappa shape index (κ1) is 25.7. The molecule has 0 aliphatic heterocycles. The zero-order valence-electron chi connectivity index (χ0n) is 19.2. The first-order chi connectivity index (χ1) is 15.3. The maximum atomic E-state index is 11.8. The Labute approximate surface area is 196 Å². The molecule has 0 aliphatic carbocycles. The Bertz CT molecular complexity index is 883. The van der Waals surface area contributed by atoms with Gasteiger partial charge >= 0.3 is 176 Å².